The van der Waals surface area contributed by atoms with Gasteiger partial charge in [-0.15, -0.1) is 0 Å². The van der Waals surface area contributed by atoms with Crippen LogP contribution in [-0.2, 0) is 4.79 Å². The van der Waals surface area contributed by atoms with Gasteiger partial charge >= 0.3 is 0 Å². The van der Waals surface area contributed by atoms with Crippen molar-refractivity contribution in [2.24, 2.45) is 11.3 Å². The van der Waals surface area contributed by atoms with E-state index in [1.165, 1.54) is 0 Å². The summed E-state index contributed by atoms with van der Waals surface area (Å²) in [5.41, 5.74) is -0.738. The monoisotopic (exact) mass is 250 g/mol. The number of hydrogen-bond donors (Lipinski definition) is 0. The summed E-state index contributed by atoms with van der Waals surface area (Å²) in [4.78, 5) is 14.4. The molecule has 1 saturated carbocycles. The van der Waals surface area contributed by atoms with Crippen LogP contribution >= 0.6 is 0 Å². The molecule has 1 atom stereocenters. The molecule has 1 amide bonds. The van der Waals surface area contributed by atoms with Gasteiger partial charge in [0.2, 0.25) is 5.91 Å². The average Bonchev–Trinajstić information content (AvgIpc) is 2.37. The van der Waals surface area contributed by atoms with E-state index in [2.05, 4.69) is 26.8 Å². The second-order valence-corrected chi connectivity index (χ2v) is 6.15. The molecule has 1 fully saturated rings. The van der Waals surface area contributed by atoms with Gasteiger partial charge in [-0.2, -0.15) is 5.26 Å². The Bertz CT molecular complexity index is 324. The second-order valence-electron chi connectivity index (χ2n) is 6.15. The van der Waals surface area contributed by atoms with Crippen molar-refractivity contribution in [2.45, 2.75) is 65.3 Å². The average molecular weight is 250 g/mol. The van der Waals surface area contributed by atoms with E-state index in [0.717, 1.165) is 38.5 Å². The predicted molar refractivity (Wildman–Crippen MR) is 72.8 cm³/mol. The molecule has 3 nitrogen and oxygen atoms in total. The number of carbonyl (C=O) groups excluding carboxylic acids is 1. The van der Waals surface area contributed by atoms with E-state index in [0.29, 0.717) is 5.92 Å². The van der Waals surface area contributed by atoms with Gasteiger partial charge in [0.25, 0.3) is 0 Å². The molecule has 0 bridgehead atoms. The number of nitrogens with zero attached hydrogens (tertiary/aromatic N) is 2. The van der Waals surface area contributed by atoms with Crippen LogP contribution in [0.2, 0.25) is 0 Å². The molecule has 0 aliphatic heterocycles. The lowest BCUT2D eigenvalue weighted by Gasteiger charge is -2.36. The molecule has 0 aromatic rings. The smallest absolute Gasteiger partial charge is 0.243 e. The molecule has 1 rings (SSSR count). The first-order valence-corrected chi connectivity index (χ1v) is 7.11. The molecule has 1 unspecified atom stereocenters. The first-order valence-electron chi connectivity index (χ1n) is 7.11. The molecule has 0 N–H and O–H groups in total. The van der Waals surface area contributed by atoms with Crippen molar-refractivity contribution in [3.8, 4) is 6.07 Å². The lowest BCUT2D eigenvalue weighted by Crippen LogP contribution is -2.46. The van der Waals surface area contributed by atoms with Crippen molar-refractivity contribution in [1.82, 2.24) is 4.90 Å². The van der Waals surface area contributed by atoms with Crippen LogP contribution in [0.5, 0.6) is 0 Å². The summed E-state index contributed by atoms with van der Waals surface area (Å²) in [6, 6.07) is 2.53. The molecule has 18 heavy (non-hydrogen) atoms. The lowest BCUT2D eigenvalue weighted by atomic mass is 9.74. The van der Waals surface area contributed by atoms with E-state index in [9.17, 15) is 10.1 Å². The van der Waals surface area contributed by atoms with Crippen LogP contribution in [-0.4, -0.2) is 23.9 Å². The van der Waals surface area contributed by atoms with Crippen LogP contribution in [0.4, 0.5) is 0 Å². The van der Waals surface area contributed by atoms with E-state index in [-0.39, 0.29) is 11.9 Å². The summed E-state index contributed by atoms with van der Waals surface area (Å²) in [5.74, 6) is 0.609. The van der Waals surface area contributed by atoms with Crippen LogP contribution in [0.15, 0.2) is 0 Å². The minimum atomic E-state index is -0.738. The van der Waals surface area contributed by atoms with E-state index < -0.39 is 5.41 Å². The largest absolute Gasteiger partial charge is 0.342 e. The zero-order valence-corrected chi connectivity index (χ0v) is 12.2. The fourth-order valence-electron chi connectivity index (χ4n) is 2.91. The van der Waals surface area contributed by atoms with E-state index >= 15 is 0 Å². The first-order chi connectivity index (χ1) is 8.43. The van der Waals surface area contributed by atoms with Crippen LogP contribution in [0.1, 0.15) is 59.3 Å². The first kappa shape index (κ1) is 15.0. The fourth-order valence-corrected chi connectivity index (χ4v) is 2.91. The van der Waals surface area contributed by atoms with Crippen LogP contribution < -0.4 is 0 Å². The highest BCUT2D eigenvalue weighted by Gasteiger charge is 2.42. The molecule has 0 spiro atoms. The zero-order chi connectivity index (χ0) is 13.8. The zero-order valence-electron chi connectivity index (χ0n) is 12.2. The van der Waals surface area contributed by atoms with Gasteiger partial charge in [-0.1, -0.05) is 33.1 Å². The lowest BCUT2D eigenvalue weighted by molar-refractivity contribution is -0.141. The number of rotatable bonds is 4. The van der Waals surface area contributed by atoms with Crippen LogP contribution in [0.3, 0.4) is 0 Å². The Hall–Kier alpha value is -1.04. The standard InChI is InChI=1S/C15H26N2O/c1-12(2)10-13(3)17(4)14(18)15(11-16)8-6-5-7-9-15/h12-13H,5-10H2,1-4H3. The molecule has 0 aromatic heterocycles. The second kappa shape index (κ2) is 6.22. The molecule has 1 aliphatic carbocycles. The summed E-state index contributed by atoms with van der Waals surface area (Å²) in [5, 5.41) is 9.43. The van der Waals surface area contributed by atoms with Gasteiger partial charge < -0.3 is 4.90 Å². The number of carbonyl (C=O) groups is 1. The molecule has 0 aromatic carbocycles. The third-order valence-corrected chi connectivity index (χ3v) is 4.12. The summed E-state index contributed by atoms with van der Waals surface area (Å²) in [6.45, 7) is 6.40. The SMILES string of the molecule is CC(C)CC(C)N(C)C(=O)C1(C#N)CCCCC1. The van der Waals surface area contributed by atoms with E-state index in [1.807, 2.05) is 7.05 Å². The van der Waals surface area contributed by atoms with Gasteiger partial charge in [0.1, 0.15) is 5.41 Å². The van der Waals surface area contributed by atoms with E-state index in [1.54, 1.807) is 4.90 Å². The molecular weight excluding hydrogens is 224 g/mol. The highest BCUT2D eigenvalue weighted by Crippen LogP contribution is 2.37. The van der Waals surface area contributed by atoms with Gasteiger partial charge in [-0.25, -0.2) is 0 Å². The molecule has 0 radical (unpaired) electrons. The van der Waals surface area contributed by atoms with Crippen molar-refractivity contribution in [1.29, 1.82) is 5.26 Å². The normalized spacial score (nSPS) is 20.2. The molecule has 102 valence electrons. The molecule has 0 heterocycles. The van der Waals surface area contributed by atoms with Crippen LogP contribution in [0, 0.1) is 22.7 Å². The van der Waals surface area contributed by atoms with Gasteiger partial charge in [0.15, 0.2) is 0 Å². The maximum absolute atomic E-state index is 12.6. The van der Waals surface area contributed by atoms with Gasteiger partial charge in [-0.3, -0.25) is 4.79 Å². The van der Waals surface area contributed by atoms with Crippen molar-refractivity contribution in [3.63, 3.8) is 0 Å². The Morgan fingerprint density at radius 3 is 2.28 bits per heavy atom. The molecular formula is C15H26N2O. The van der Waals surface area contributed by atoms with Crippen molar-refractivity contribution in [3.05, 3.63) is 0 Å². The summed E-state index contributed by atoms with van der Waals surface area (Å²) < 4.78 is 0. The third kappa shape index (κ3) is 3.25. The summed E-state index contributed by atoms with van der Waals surface area (Å²) in [7, 11) is 1.85. The topological polar surface area (TPSA) is 44.1 Å². The van der Waals surface area contributed by atoms with Gasteiger partial charge in [-0.05, 0) is 32.1 Å². The minimum Gasteiger partial charge on any atom is -0.342 e. The number of amides is 1. The highest BCUT2D eigenvalue weighted by molar-refractivity contribution is 5.85. The highest BCUT2D eigenvalue weighted by atomic mass is 16.2. The Balaban J connectivity index is 2.75. The Morgan fingerprint density at radius 1 is 1.28 bits per heavy atom. The van der Waals surface area contributed by atoms with Crippen LogP contribution in [0.25, 0.3) is 0 Å². The molecule has 0 saturated heterocycles. The summed E-state index contributed by atoms with van der Waals surface area (Å²) >= 11 is 0. The Morgan fingerprint density at radius 2 is 1.83 bits per heavy atom. The molecule has 1 aliphatic rings. The summed E-state index contributed by atoms with van der Waals surface area (Å²) in [6.07, 6.45) is 5.63. The van der Waals surface area contributed by atoms with E-state index in [4.69, 9.17) is 0 Å². The fraction of sp³-hybridized carbons (Fsp3) is 0.867. The predicted octanol–water partition coefficient (Wildman–Crippen LogP) is 3.35. The Kier molecular flexibility index (Phi) is 5.19. The number of hydrogen-bond acceptors (Lipinski definition) is 2. The van der Waals surface area contributed by atoms with Gasteiger partial charge in [0.05, 0.1) is 6.07 Å². The van der Waals surface area contributed by atoms with Crippen molar-refractivity contribution < 1.29 is 4.79 Å². The quantitative estimate of drug-likeness (QED) is 0.768. The maximum atomic E-state index is 12.6. The van der Waals surface area contributed by atoms with Crippen molar-refractivity contribution in [2.75, 3.05) is 7.05 Å². The maximum Gasteiger partial charge on any atom is 0.243 e. The minimum absolute atomic E-state index is 0.0397. The third-order valence-electron chi connectivity index (χ3n) is 4.12. The van der Waals surface area contributed by atoms with Gasteiger partial charge in [0, 0.05) is 13.1 Å². The molecule has 3 heteroatoms. The number of nitriles is 1. The van der Waals surface area contributed by atoms with Crippen molar-refractivity contribution >= 4 is 5.91 Å². The Labute approximate surface area is 111 Å².